The standard InChI is InChI=1S/C19H24N4O2/c1-14-13-17(22-19(21-14)23-11-3-4-12-23)18(24)20-10-9-15-5-7-16(25-2)8-6-15/h5-8,13H,3-4,9-12H2,1-2H3,(H,20,24). The molecule has 0 spiro atoms. The van der Waals surface area contributed by atoms with Crippen LogP contribution in [0.4, 0.5) is 5.95 Å². The van der Waals surface area contributed by atoms with E-state index in [9.17, 15) is 4.79 Å². The van der Waals surface area contributed by atoms with Crippen LogP contribution < -0.4 is 15.0 Å². The molecule has 0 unspecified atom stereocenters. The summed E-state index contributed by atoms with van der Waals surface area (Å²) >= 11 is 0. The van der Waals surface area contributed by atoms with Gasteiger partial charge in [0.1, 0.15) is 11.4 Å². The number of benzene rings is 1. The molecule has 1 fully saturated rings. The second-order valence-corrected chi connectivity index (χ2v) is 6.24. The molecule has 6 heteroatoms. The van der Waals surface area contributed by atoms with E-state index in [1.54, 1.807) is 13.2 Å². The van der Waals surface area contributed by atoms with Crippen molar-refractivity contribution in [3.05, 3.63) is 47.3 Å². The summed E-state index contributed by atoms with van der Waals surface area (Å²) in [5.41, 5.74) is 2.40. The average molecular weight is 340 g/mol. The van der Waals surface area contributed by atoms with Gasteiger partial charge < -0.3 is 15.0 Å². The van der Waals surface area contributed by atoms with E-state index in [1.165, 1.54) is 0 Å². The Morgan fingerprint density at radius 2 is 1.92 bits per heavy atom. The molecule has 6 nitrogen and oxygen atoms in total. The van der Waals surface area contributed by atoms with Gasteiger partial charge in [-0.15, -0.1) is 0 Å². The van der Waals surface area contributed by atoms with E-state index in [1.807, 2.05) is 31.2 Å². The summed E-state index contributed by atoms with van der Waals surface area (Å²) in [6, 6.07) is 9.60. The maximum Gasteiger partial charge on any atom is 0.270 e. The molecule has 1 aliphatic rings. The van der Waals surface area contributed by atoms with Crippen LogP contribution in [0.5, 0.6) is 5.75 Å². The molecule has 0 aliphatic carbocycles. The van der Waals surface area contributed by atoms with Gasteiger partial charge in [0.2, 0.25) is 5.95 Å². The number of hydrogen-bond donors (Lipinski definition) is 1. The molecule has 0 saturated carbocycles. The van der Waals surface area contributed by atoms with E-state index in [4.69, 9.17) is 4.74 Å². The van der Waals surface area contributed by atoms with Crippen molar-refractivity contribution in [2.75, 3.05) is 31.6 Å². The smallest absolute Gasteiger partial charge is 0.270 e. The van der Waals surface area contributed by atoms with E-state index >= 15 is 0 Å². The van der Waals surface area contributed by atoms with Gasteiger partial charge in [0.15, 0.2) is 0 Å². The van der Waals surface area contributed by atoms with Crippen LogP contribution in [0.25, 0.3) is 0 Å². The first-order chi connectivity index (χ1) is 12.2. The minimum atomic E-state index is -0.153. The Balaban J connectivity index is 1.58. The van der Waals surface area contributed by atoms with Gasteiger partial charge in [0.05, 0.1) is 7.11 Å². The number of carbonyl (C=O) groups is 1. The molecule has 1 aliphatic heterocycles. The highest BCUT2D eigenvalue weighted by Gasteiger charge is 2.17. The van der Waals surface area contributed by atoms with Crippen LogP contribution in [0.2, 0.25) is 0 Å². The highest BCUT2D eigenvalue weighted by molar-refractivity contribution is 5.92. The van der Waals surface area contributed by atoms with Crippen LogP contribution in [0.15, 0.2) is 30.3 Å². The molecular weight excluding hydrogens is 316 g/mol. The molecule has 0 atom stereocenters. The summed E-state index contributed by atoms with van der Waals surface area (Å²) in [5.74, 6) is 1.34. The second-order valence-electron chi connectivity index (χ2n) is 6.24. The lowest BCUT2D eigenvalue weighted by molar-refractivity contribution is 0.0949. The number of nitrogens with one attached hydrogen (secondary N) is 1. The predicted molar refractivity (Wildman–Crippen MR) is 97.2 cm³/mol. The molecule has 1 aromatic heterocycles. The molecule has 0 radical (unpaired) electrons. The van der Waals surface area contributed by atoms with Crippen molar-refractivity contribution in [3.63, 3.8) is 0 Å². The number of anilines is 1. The average Bonchev–Trinajstić information content (AvgIpc) is 3.16. The van der Waals surface area contributed by atoms with Crippen molar-refractivity contribution in [1.82, 2.24) is 15.3 Å². The zero-order chi connectivity index (χ0) is 17.6. The SMILES string of the molecule is COc1ccc(CCNC(=O)c2cc(C)nc(N3CCCC3)n2)cc1. The number of aryl methyl sites for hydroxylation is 1. The number of nitrogens with zero attached hydrogens (tertiary/aromatic N) is 3. The first-order valence-corrected chi connectivity index (χ1v) is 8.67. The fourth-order valence-corrected chi connectivity index (χ4v) is 2.93. The van der Waals surface area contributed by atoms with Gasteiger partial charge in [0.25, 0.3) is 5.91 Å². The normalized spacial score (nSPS) is 13.8. The van der Waals surface area contributed by atoms with Gasteiger partial charge in [-0.05, 0) is 49.9 Å². The third kappa shape index (κ3) is 4.47. The van der Waals surface area contributed by atoms with Crippen LogP contribution in [0.3, 0.4) is 0 Å². The zero-order valence-corrected chi connectivity index (χ0v) is 14.8. The summed E-state index contributed by atoms with van der Waals surface area (Å²) < 4.78 is 5.15. The molecule has 132 valence electrons. The van der Waals surface area contributed by atoms with Gasteiger partial charge in [-0.2, -0.15) is 0 Å². The van der Waals surface area contributed by atoms with Gasteiger partial charge >= 0.3 is 0 Å². The molecule has 3 rings (SSSR count). The molecule has 1 aromatic carbocycles. The maximum absolute atomic E-state index is 12.4. The van der Waals surface area contributed by atoms with Crippen molar-refractivity contribution in [2.24, 2.45) is 0 Å². The van der Waals surface area contributed by atoms with Crippen molar-refractivity contribution in [2.45, 2.75) is 26.2 Å². The first kappa shape index (κ1) is 17.2. The minimum absolute atomic E-state index is 0.153. The summed E-state index contributed by atoms with van der Waals surface area (Å²) in [7, 11) is 1.65. The summed E-state index contributed by atoms with van der Waals surface area (Å²) in [4.78, 5) is 23.5. The zero-order valence-electron chi connectivity index (χ0n) is 14.8. The van der Waals surface area contributed by atoms with Gasteiger partial charge in [-0.3, -0.25) is 4.79 Å². The lowest BCUT2D eigenvalue weighted by Crippen LogP contribution is -2.28. The maximum atomic E-state index is 12.4. The van der Waals surface area contributed by atoms with E-state index in [2.05, 4.69) is 20.2 Å². The molecule has 2 aromatic rings. The second kappa shape index (κ2) is 7.96. The molecule has 25 heavy (non-hydrogen) atoms. The summed E-state index contributed by atoms with van der Waals surface area (Å²) in [6.07, 6.45) is 3.07. The third-order valence-corrected chi connectivity index (χ3v) is 4.32. The number of hydrogen-bond acceptors (Lipinski definition) is 5. The quantitative estimate of drug-likeness (QED) is 0.874. The van der Waals surface area contributed by atoms with Crippen molar-refractivity contribution >= 4 is 11.9 Å². The van der Waals surface area contributed by atoms with Gasteiger partial charge in [-0.1, -0.05) is 12.1 Å². The van der Waals surface area contributed by atoms with Crippen LogP contribution in [0.1, 0.15) is 34.6 Å². The Hall–Kier alpha value is -2.63. The molecule has 0 bridgehead atoms. The number of methoxy groups -OCH3 is 1. The Kier molecular flexibility index (Phi) is 5.48. The highest BCUT2D eigenvalue weighted by atomic mass is 16.5. The van der Waals surface area contributed by atoms with Crippen molar-refractivity contribution in [1.29, 1.82) is 0 Å². The molecular formula is C19H24N4O2. The van der Waals surface area contributed by atoms with Gasteiger partial charge in [-0.25, -0.2) is 9.97 Å². The van der Waals surface area contributed by atoms with Crippen LogP contribution in [0, 0.1) is 6.92 Å². The van der Waals surface area contributed by atoms with Crippen molar-refractivity contribution in [3.8, 4) is 5.75 Å². The number of aromatic nitrogens is 2. The topological polar surface area (TPSA) is 67.3 Å². The molecule has 1 N–H and O–H groups in total. The van der Waals surface area contributed by atoms with E-state index in [0.29, 0.717) is 18.2 Å². The monoisotopic (exact) mass is 340 g/mol. The predicted octanol–water partition coefficient (Wildman–Crippen LogP) is 2.37. The Labute approximate surface area is 148 Å². The Morgan fingerprint density at radius 3 is 2.60 bits per heavy atom. The fraction of sp³-hybridized carbons (Fsp3) is 0.421. The van der Waals surface area contributed by atoms with E-state index in [0.717, 1.165) is 49.4 Å². The lowest BCUT2D eigenvalue weighted by Gasteiger charge is -2.16. The number of ether oxygens (including phenoxy) is 1. The molecule has 1 amide bonds. The summed E-state index contributed by atoms with van der Waals surface area (Å²) in [5, 5.41) is 2.94. The van der Waals surface area contributed by atoms with Crippen LogP contribution >= 0.6 is 0 Å². The van der Waals surface area contributed by atoms with E-state index in [-0.39, 0.29) is 5.91 Å². The van der Waals surface area contributed by atoms with E-state index < -0.39 is 0 Å². The van der Waals surface area contributed by atoms with Crippen molar-refractivity contribution < 1.29 is 9.53 Å². The molecule has 1 saturated heterocycles. The minimum Gasteiger partial charge on any atom is -0.497 e. The number of rotatable bonds is 6. The summed E-state index contributed by atoms with van der Waals surface area (Å²) in [6.45, 7) is 4.38. The molecule has 2 heterocycles. The number of carbonyl (C=O) groups excluding carboxylic acids is 1. The van der Waals surface area contributed by atoms with Crippen LogP contribution in [-0.4, -0.2) is 42.6 Å². The fourth-order valence-electron chi connectivity index (χ4n) is 2.93. The first-order valence-electron chi connectivity index (χ1n) is 8.67. The van der Waals surface area contributed by atoms with Gasteiger partial charge in [0, 0.05) is 25.3 Å². The highest BCUT2D eigenvalue weighted by Crippen LogP contribution is 2.16. The lowest BCUT2D eigenvalue weighted by atomic mass is 10.1. The number of amides is 1. The Morgan fingerprint density at radius 1 is 1.20 bits per heavy atom. The van der Waals surface area contributed by atoms with Crippen LogP contribution in [-0.2, 0) is 6.42 Å². The largest absolute Gasteiger partial charge is 0.497 e. The third-order valence-electron chi connectivity index (χ3n) is 4.32. The Bertz CT molecular complexity index is 725.